The van der Waals surface area contributed by atoms with Gasteiger partial charge in [0.05, 0.1) is 6.20 Å². The van der Waals surface area contributed by atoms with E-state index in [-0.39, 0.29) is 5.91 Å². The first-order chi connectivity index (χ1) is 9.13. The number of guanidine groups is 1. The highest BCUT2D eigenvalue weighted by Gasteiger charge is 2.34. The van der Waals surface area contributed by atoms with E-state index in [0.29, 0.717) is 24.1 Å². The lowest BCUT2D eigenvalue weighted by Gasteiger charge is -2.40. The van der Waals surface area contributed by atoms with Gasteiger partial charge in [0.1, 0.15) is 5.70 Å². The van der Waals surface area contributed by atoms with Crippen LogP contribution in [0.4, 0.5) is 0 Å². The molecule has 0 aromatic carbocycles. The van der Waals surface area contributed by atoms with E-state index in [1.165, 1.54) is 6.20 Å². The van der Waals surface area contributed by atoms with Gasteiger partial charge in [0.15, 0.2) is 0 Å². The summed E-state index contributed by atoms with van der Waals surface area (Å²) in [5, 5.41) is 1.83. The predicted molar refractivity (Wildman–Crippen MR) is 75.6 cm³/mol. The largest absolute Gasteiger partial charge is 0.280 e. The summed E-state index contributed by atoms with van der Waals surface area (Å²) >= 11 is 0. The first-order valence-electron chi connectivity index (χ1n) is 6.70. The van der Waals surface area contributed by atoms with Crippen molar-refractivity contribution in [2.75, 3.05) is 19.6 Å². The third-order valence-electron chi connectivity index (χ3n) is 3.19. The molecule has 0 saturated carbocycles. The summed E-state index contributed by atoms with van der Waals surface area (Å²) in [6.45, 7) is 9.98. The maximum Gasteiger partial charge on any atom is 0.280 e. The van der Waals surface area contributed by atoms with E-state index in [1.54, 1.807) is 4.90 Å². The van der Waals surface area contributed by atoms with Crippen LogP contribution in [-0.4, -0.2) is 48.1 Å². The molecule has 2 rings (SSSR count). The van der Waals surface area contributed by atoms with E-state index < -0.39 is 0 Å². The van der Waals surface area contributed by atoms with Crippen molar-refractivity contribution in [3.8, 4) is 0 Å². The zero-order valence-electron chi connectivity index (χ0n) is 11.6. The van der Waals surface area contributed by atoms with Crippen molar-refractivity contribution in [1.29, 1.82) is 0 Å². The molecule has 6 nitrogen and oxygen atoms in total. The molecular formula is C13H21N5O. The molecule has 0 spiro atoms. The van der Waals surface area contributed by atoms with Gasteiger partial charge in [0, 0.05) is 19.6 Å². The van der Waals surface area contributed by atoms with Crippen LogP contribution in [0.1, 0.15) is 26.7 Å². The van der Waals surface area contributed by atoms with Gasteiger partial charge >= 0.3 is 0 Å². The molecule has 1 saturated heterocycles. The van der Waals surface area contributed by atoms with Crippen LogP contribution in [0.5, 0.6) is 0 Å². The van der Waals surface area contributed by atoms with Gasteiger partial charge in [-0.25, -0.2) is 0 Å². The fourth-order valence-electron chi connectivity index (χ4n) is 2.11. The molecule has 6 heteroatoms. The number of hydrogen-bond donors (Lipinski definition) is 1. The zero-order valence-corrected chi connectivity index (χ0v) is 11.6. The summed E-state index contributed by atoms with van der Waals surface area (Å²) in [5.41, 5.74) is 3.75. The van der Waals surface area contributed by atoms with Crippen molar-refractivity contribution in [3.05, 3.63) is 11.9 Å². The van der Waals surface area contributed by atoms with E-state index >= 15 is 0 Å². The Kier molecular flexibility index (Phi) is 4.19. The van der Waals surface area contributed by atoms with Crippen LogP contribution in [0.25, 0.3) is 0 Å². The summed E-state index contributed by atoms with van der Waals surface area (Å²) in [6, 6.07) is 0. The number of amides is 1. The first kappa shape index (κ1) is 13.6. The molecule has 2 aliphatic rings. The fourth-order valence-corrected chi connectivity index (χ4v) is 2.11. The van der Waals surface area contributed by atoms with Gasteiger partial charge < -0.3 is 0 Å². The number of rotatable bonds is 4. The zero-order chi connectivity index (χ0) is 13.8. The third-order valence-corrected chi connectivity index (χ3v) is 3.19. The highest BCUT2D eigenvalue weighted by Crippen LogP contribution is 2.17. The molecule has 19 heavy (non-hydrogen) atoms. The molecular weight excluding hydrogens is 242 g/mol. The molecule has 0 aromatic rings. The Balaban J connectivity index is 2.20. The molecule has 0 unspecified atom stereocenters. The number of nitrogens with zero attached hydrogens (tertiary/aromatic N) is 4. The molecule has 0 atom stereocenters. The van der Waals surface area contributed by atoms with Crippen molar-refractivity contribution in [1.82, 2.24) is 15.3 Å². The monoisotopic (exact) mass is 263 g/mol. The summed E-state index contributed by atoms with van der Waals surface area (Å²) in [7, 11) is 0. The van der Waals surface area contributed by atoms with E-state index in [0.717, 1.165) is 25.9 Å². The number of carbonyl (C=O) groups is 1. The highest BCUT2D eigenvalue weighted by molar-refractivity contribution is 6.07. The average molecular weight is 263 g/mol. The molecule has 1 N–H and O–H groups in total. The summed E-state index contributed by atoms with van der Waals surface area (Å²) in [5.74, 6) is 1.18. The van der Waals surface area contributed by atoms with Crippen LogP contribution in [-0.2, 0) is 4.79 Å². The molecule has 0 bridgehead atoms. The number of carbonyl (C=O) groups excluding carboxylic acids is 1. The van der Waals surface area contributed by atoms with Crippen LogP contribution in [0.2, 0.25) is 0 Å². The second-order valence-electron chi connectivity index (χ2n) is 5.16. The molecule has 0 radical (unpaired) electrons. The van der Waals surface area contributed by atoms with Crippen molar-refractivity contribution < 1.29 is 4.79 Å². The summed E-state index contributed by atoms with van der Waals surface area (Å²) in [6.07, 6.45) is 3.40. The first-order valence-corrected chi connectivity index (χ1v) is 6.70. The second kappa shape index (κ2) is 5.86. The standard InChI is InChI=1S/C13H21N5O/c1-10(2)5-8-18-11(9-14-3)12(19)17-7-4-6-15-13(17)16-18/h9-10H,3-8H2,1-2H3,(H,15,16)/b11-9-. The quantitative estimate of drug-likeness (QED) is 0.607. The molecule has 104 valence electrons. The number of fused-ring (bicyclic) bond motifs is 1. The molecule has 0 aromatic heterocycles. The van der Waals surface area contributed by atoms with Gasteiger partial charge in [0.2, 0.25) is 5.96 Å². The topological polar surface area (TPSA) is 60.3 Å². The normalized spacial score (nSPS) is 21.3. The van der Waals surface area contributed by atoms with E-state index in [4.69, 9.17) is 0 Å². The van der Waals surface area contributed by atoms with Gasteiger partial charge in [-0.05, 0) is 25.5 Å². The number of hydrogen-bond acceptors (Lipinski definition) is 5. The Morgan fingerprint density at radius 2 is 2.37 bits per heavy atom. The Labute approximate surface area is 113 Å². The Morgan fingerprint density at radius 3 is 3.05 bits per heavy atom. The molecule has 0 aliphatic carbocycles. The minimum atomic E-state index is -0.0478. The van der Waals surface area contributed by atoms with Crippen LogP contribution < -0.4 is 5.43 Å². The van der Waals surface area contributed by atoms with Crippen LogP contribution in [0.15, 0.2) is 21.9 Å². The summed E-state index contributed by atoms with van der Waals surface area (Å²) in [4.78, 5) is 22.2. The van der Waals surface area contributed by atoms with Crippen molar-refractivity contribution >= 4 is 18.6 Å². The maximum absolute atomic E-state index is 12.4. The van der Waals surface area contributed by atoms with Crippen LogP contribution in [0.3, 0.4) is 0 Å². The highest BCUT2D eigenvalue weighted by atomic mass is 16.2. The number of nitrogens with one attached hydrogen (secondary N) is 1. The Hall–Kier alpha value is -1.85. The molecule has 1 amide bonds. The lowest BCUT2D eigenvalue weighted by molar-refractivity contribution is -0.127. The second-order valence-corrected chi connectivity index (χ2v) is 5.16. The summed E-state index contributed by atoms with van der Waals surface area (Å²) < 4.78 is 0. The Morgan fingerprint density at radius 1 is 1.58 bits per heavy atom. The molecule has 1 fully saturated rings. The lowest BCUT2D eigenvalue weighted by atomic mass is 10.1. The van der Waals surface area contributed by atoms with Crippen LogP contribution in [0, 0.1) is 5.92 Å². The predicted octanol–water partition coefficient (Wildman–Crippen LogP) is 0.983. The third kappa shape index (κ3) is 2.94. The lowest BCUT2D eigenvalue weighted by Crippen LogP contribution is -2.61. The van der Waals surface area contributed by atoms with E-state index in [1.807, 2.05) is 5.01 Å². The SMILES string of the molecule is C=N/C=C1/C(=O)N2CCCN=C2NN1CCC(C)C. The fraction of sp³-hybridized carbons (Fsp3) is 0.615. The number of hydrazine groups is 1. The van der Waals surface area contributed by atoms with Gasteiger partial charge in [-0.1, -0.05) is 13.8 Å². The van der Waals surface area contributed by atoms with Gasteiger partial charge in [-0.15, -0.1) is 0 Å². The van der Waals surface area contributed by atoms with Crippen LogP contribution >= 0.6 is 0 Å². The van der Waals surface area contributed by atoms with Crippen molar-refractivity contribution in [2.45, 2.75) is 26.7 Å². The van der Waals surface area contributed by atoms with Crippen molar-refractivity contribution in [3.63, 3.8) is 0 Å². The Bertz CT molecular complexity index is 427. The van der Waals surface area contributed by atoms with E-state index in [9.17, 15) is 4.79 Å². The van der Waals surface area contributed by atoms with Gasteiger partial charge in [0.25, 0.3) is 5.91 Å². The van der Waals surface area contributed by atoms with E-state index in [2.05, 4.69) is 36.0 Å². The number of aliphatic imine (C=N–C) groups is 2. The minimum absolute atomic E-state index is 0.0478. The smallest absolute Gasteiger partial charge is 0.279 e. The van der Waals surface area contributed by atoms with Crippen molar-refractivity contribution in [2.24, 2.45) is 15.9 Å². The molecule has 2 aliphatic heterocycles. The average Bonchev–Trinajstić information content (AvgIpc) is 2.40. The maximum atomic E-state index is 12.4. The van der Waals surface area contributed by atoms with Gasteiger partial charge in [-0.2, -0.15) is 0 Å². The van der Waals surface area contributed by atoms with Gasteiger partial charge in [-0.3, -0.25) is 30.1 Å². The molecule has 2 heterocycles. The minimum Gasteiger partial charge on any atom is -0.279 e.